The first-order chi connectivity index (χ1) is 10.5. The summed E-state index contributed by atoms with van der Waals surface area (Å²) in [4.78, 5) is 14.3. The van der Waals surface area contributed by atoms with Crippen LogP contribution in [0.25, 0.3) is 0 Å². The highest BCUT2D eigenvalue weighted by atomic mass is 32.1. The fraction of sp³-hybridized carbons (Fsp3) is 0.312. The first-order valence-electron chi connectivity index (χ1n) is 6.83. The average Bonchev–Trinajstić information content (AvgIpc) is 3.01. The second-order valence-electron chi connectivity index (χ2n) is 5.09. The number of nitrogens with zero attached hydrogens (tertiary/aromatic N) is 1. The van der Waals surface area contributed by atoms with E-state index in [4.69, 9.17) is 4.74 Å². The standard InChI is InChI=1S/C16H19FN2O2S/c1-19(2)14(11-6-7-22-10-11)9-18-16(20)13-8-12(17)4-5-15(13)21-3/h4-8,10,14H,9H2,1-3H3,(H,18,20). The van der Waals surface area contributed by atoms with Gasteiger partial charge in [0.25, 0.3) is 5.91 Å². The molecular formula is C16H19FN2O2S. The van der Waals surface area contributed by atoms with Crippen LogP contribution >= 0.6 is 11.3 Å². The summed E-state index contributed by atoms with van der Waals surface area (Å²) in [5.41, 5.74) is 1.34. The highest BCUT2D eigenvalue weighted by Crippen LogP contribution is 2.22. The number of likely N-dealkylation sites (N-methyl/N-ethyl adjacent to an activating group) is 1. The van der Waals surface area contributed by atoms with Crippen LogP contribution in [0, 0.1) is 5.82 Å². The van der Waals surface area contributed by atoms with Crippen LogP contribution in [-0.2, 0) is 0 Å². The molecule has 1 aromatic heterocycles. The molecule has 0 aliphatic heterocycles. The van der Waals surface area contributed by atoms with Gasteiger partial charge in [-0.3, -0.25) is 4.79 Å². The zero-order valence-electron chi connectivity index (χ0n) is 12.8. The molecule has 0 radical (unpaired) electrons. The van der Waals surface area contributed by atoms with E-state index in [2.05, 4.69) is 10.7 Å². The summed E-state index contributed by atoms with van der Waals surface area (Å²) in [6.07, 6.45) is 0. The van der Waals surface area contributed by atoms with E-state index >= 15 is 0 Å². The van der Waals surface area contributed by atoms with Gasteiger partial charge in [-0.2, -0.15) is 11.3 Å². The Morgan fingerprint density at radius 2 is 2.18 bits per heavy atom. The Morgan fingerprint density at radius 3 is 2.77 bits per heavy atom. The minimum absolute atomic E-state index is 0.0646. The van der Waals surface area contributed by atoms with Crippen LogP contribution in [0.5, 0.6) is 5.75 Å². The van der Waals surface area contributed by atoms with Crippen molar-refractivity contribution in [2.75, 3.05) is 27.7 Å². The summed E-state index contributed by atoms with van der Waals surface area (Å²) in [6.45, 7) is 0.433. The molecule has 0 saturated heterocycles. The van der Waals surface area contributed by atoms with Crippen molar-refractivity contribution >= 4 is 17.2 Å². The summed E-state index contributed by atoms with van der Waals surface area (Å²) < 4.78 is 18.5. The van der Waals surface area contributed by atoms with E-state index in [9.17, 15) is 9.18 Å². The van der Waals surface area contributed by atoms with E-state index in [1.807, 2.05) is 30.4 Å². The van der Waals surface area contributed by atoms with Crippen molar-refractivity contribution < 1.29 is 13.9 Å². The van der Waals surface area contributed by atoms with Crippen molar-refractivity contribution in [1.82, 2.24) is 10.2 Å². The Bertz CT molecular complexity index is 629. The van der Waals surface area contributed by atoms with Gasteiger partial charge in [0.2, 0.25) is 0 Å². The van der Waals surface area contributed by atoms with Gasteiger partial charge in [-0.05, 0) is 54.7 Å². The number of hydrogen-bond donors (Lipinski definition) is 1. The van der Waals surface area contributed by atoms with Crippen LogP contribution < -0.4 is 10.1 Å². The van der Waals surface area contributed by atoms with Crippen LogP contribution in [0.4, 0.5) is 4.39 Å². The molecule has 6 heteroatoms. The Morgan fingerprint density at radius 1 is 1.41 bits per heavy atom. The van der Waals surface area contributed by atoms with Gasteiger partial charge in [0, 0.05) is 6.54 Å². The minimum atomic E-state index is -0.465. The number of thiophene rings is 1. The van der Waals surface area contributed by atoms with Gasteiger partial charge in [-0.1, -0.05) is 0 Å². The maximum absolute atomic E-state index is 13.4. The summed E-state index contributed by atoms with van der Waals surface area (Å²) in [6, 6.07) is 6.00. The van der Waals surface area contributed by atoms with Crippen LogP contribution in [0.1, 0.15) is 22.0 Å². The lowest BCUT2D eigenvalue weighted by Crippen LogP contribution is -2.34. The highest BCUT2D eigenvalue weighted by Gasteiger charge is 2.18. The molecule has 118 valence electrons. The van der Waals surface area contributed by atoms with Crippen LogP contribution in [0.3, 0.4) is 0 Å². The Labute approximate surface area is 133 Å². The third kappa shape index (κ3) is 3.84. The van der Waals surface area contributed by atoms with E-state index in [0.29, 0.717) is 12.3 Å². The van der Waals surface area contributed by atoms with Gasteiger partial charge in [0.05, 0.1) is 18.7 Å². The molecule has 1 heterocycles. The van der Waals surface area contributed by atoms with Crippen molar-refractivity contribution in [3.8, 4) is 5.75 Å². The molecule has 0 saturated carbocycles. The van der Waals surface area contributed by atoms with Gasteiger partial charge < -0.3 is 15.0 Å². The largest absolute Gasteiger partial charge is 0.496 e. The Hall–Kier alpha value is -1.92. The monoisotopic (exact) mass is 322 g/mol. The fourth-order valence-corrected chi connectivity index (χ4v) is 2.91. The van der Waals surface area contributed by atoms with Gasteiger partial charge in [-0.15, -0.1) is 0 Å². The van der Waals surface area contributed by atoms with E-state index < -0.39 is 5.82 Å². The van der Waals surface area contributed by atoms with E-state index in [1.54, 1.807) is 11.3 Å². The number of rotatable bonds is 6. The normalized spacial score (nSPS) is 12.2. The van der Waals surface area contributed by atoms with E-state index in [1.165, 1.54) is 25.3 Å². The second kappa shape index (κ2) is 7.38. The third-order valence-electron chi connectivity index (χ3n) is 3.41. The number of carbonyl (C=O) groups excluding carboxylic acids is 1. The maximum Gasteiger partial charge on any atom is 0.255 e. The van der Waals surface area contributed by atoms with E-state index in [-0.39, 0.29) is 17.5 Å². The third-order valence-corrected chi connectivity index (χ3v) is 4.11. The molecule has 22 heavy (non-hydrogen) atoms. The molecule has 0 aliphatic rings. The summed E-state index contributed by atoms with van der Waals surface area (Å²) in [5, 5.41) is 6.91. The summed E-state index contributed by atoms with van der Waals surface area (Å²) >= 11 is 1.62. The molecule has 1 amide bonds. The highest BCUT2D eigenvalue weighted by molar-refractivity contribution is 7.07. The molecule has 0 aliphatic carbocycles. The smallest absolute Gasteiger partial charge is 0.255 e. The molecule has 0 bridgehead atoms. The number of ether oxygens (including phenoxy) is 1. The lowest BCUT2D eigenvalue weighted by atomic mass is 10.1. The number of halogens is 1. The molecule has 0 spiro atoms. The zero-order chi connectivity index (χ0) is 16.1. The Balaban J connectivity index is 2.10. The summed E-state index contributed by atoms with van der Waals surface area (Å²) in [7, 11) is 5.37. The minimum Gasteiger partial charge on any atom is -0.496 e. The number of benzene rings is 1. The number of hydrogen-bond acceptors (Lipinski definition) is 4. The zero-order valence-corrected chi connectivity index (χ0v) is 13.6. The number of amides is 1. The predicted molar refractivity (Wildman–Crippen MR) is 86.0 cm³/mol. The molecular weight excluding hydrogens is 303 g/mol. The fourth-order valence-electron chi connectivity index (χ4n) is 2.21. The SMILES string of the molecule is COc1ccc(F)cc1C(=O)NCC(c1ccsc1)N(C)C. The molecule has 1 N–H and O–H groups in total. The summed E-state index contributed by atoms with van der Waals surface area (Å²) in [5.74, 6) is -0.456. The predicted octanol–water partition coefficient (Wildman–Crippen LogP) is 2.93. The van der Waals surface area contributed by atoms with Gasteiger partial charge in [0.1, 0.15) is 11.6 Å². The van der Waals surface area contributed by atoms with E-state index in [0.717, 1.165) is 5.56 Å². The molecule has 2 rings (SSSR count). The van der Waals surface area contributed by atoms with Crippen molar-refractivity contribution in [2.45, 2.75) is 6.04 Å². The lowest BCUT2D eigenvalue weighted by Gasteiger charge is -2.24. The van der Waals surface area contributed by atoms with Crippen LogP contribution in [0.2, 0.25) is 0 Å². The van der Waals surface area contributed by atoms with Crippen molar-refractivity contribution in [2.24, 2.45) is 0 Å². The average molecular weight is 322 g/mol. The molecule has 4 nitrogen and oxygen atoms in total. The van der Waals surface area contributed by atoms with Crippen LogP contribution in [0.15, 0.2) is 35.0 Å². The van der Waals surface area contributed by atoms with Crippen LogP contribution in [-0.4, -0.2) is 38.6 Å². The Kier molecular flexibility index (Phi) is 5.51. The number of methoxy groups -OCH3 is 1. The molecule has 1 unspecified atom stereocenters. The van der Waals surface area contributed by atoms with Crippen molar-refractivity contribution in [3.05, 3.63) is 52.0 Å². The molecule has 0 fully saturated rings. The van der Waals surface area contributed by atoms with Gasteiger partial charge >= 0.3 is 0 Å². The van der Waals surface area contributed by atoms with Gasteiger partial charge in [0.15, 0.2) is 0 Å². The molecule has 1 atom stereocenters. The lowest BCUT2D eigenvalue weighted by molar-refractivity contribution is 0.0938. The quantitative estimate of drug-likeness (QED) is 0.889. The van der Waals surface area contributed by atoms with Crippen molar-refractivity contribution in [1.29, 1.82) is 0 Å². The topological polar surface area (TPSA) is 41.6 Å². The maximum atomic E-state index is 13.4. The van der Waals surface area contributed by atoms with Gasteiger partial charge in [-0.25, -0.2) is 4.39 Å². The number of nitrogens with one attached hydrogen (secondary N) is 1. The first kappa shape index (κ1) is 16.5. The first-order valence-corrected chi connectivity index (χ1v) is 7.77. The van der Waals surface area contributed by atoms with Crippen molar-refractivity contribution in [3.63, 3.8) is 0 Å². The molecule has 1 aromatic carbocycles. The number of carbonyl (C=O) groups is 1. The molecule has 2 aromatic rings. The second-order valence-corrected chi connectivity index (χ2v) is 5.87.